The molecule has 2 aromatic carbocycles. The van der Waals surface area contributed by atoms with Gasteiger partial charge in [-0.05, 0) is 54.4 Å². The number of nitrogens with one attached hydrogen (secondary N) is 2. The quantitative estimate of drug-likeness (QED) is 0.530. The van der Waals surface area contributed by atoms with E-state index in [4.69, 9.17) is 0 Å². The molecule has 0 unspecified atom stereocenters. The lowest BCUT2D eigenvalue weighted by molar-refractivity contribution is 0.0946. The van der Waals surface area contributed by atoms with Crippen LogP contribution in [0.25, 0.3) is 10.9 Å². The molecule has 0 fully saturated rings. The minimum atomic E-state index is -3.57. The van der Waals surface area contributed by atoms with Crippen molar-refractivity contribution in [3.63, 3.8) is 0 Å². The average molecular weight is 405 g/mol. The highest BCUT2D eigenvalue weighted by Gasteiger charge is 2.17. The first kappa shape index (κ1) is 18.9. The molecule has 0 spiro atoms. The van der Waals surface area contributed by atoms with Crippen LogP contribution >= 0.6 is 0 Å². The van der Waals surface area contributed by atoms with Crippen LogP contribution in [-0.2, 0) is 16.4 Å². The molecule has 2 aromatic heterocycles. The van der Waals surface area contributed by atoms with Gasteiger partial charge in [-0.3, -0.25) is 9.78 Å². The number of hydrogen-bond donors (Lipinski definition) is 2. The first-order valence-corrected chi connectivity index (χ1v) is 10.5. The van der Waals surface area contributed by atoms with E-state index in [0.29, 0.717) is 5.69 Å². The third kappa shape index (κ3) is 3.90. The van der Waals surface area contributed by atoms with Gasteiger partial charge in [0.1, 0.15) is 5.69 Å². The molecular weight excluding hydrogens is 386 g/mol. The normalized spacial score (nSPS) is 11.5. The molecule has 6 nitrogen and oxygen atoms in total. The number of H-pyrrole nitrogens is 1. The maximum atomic E-state index is 12.8. The number of nitrogens with zero attached hydrogens (tertiary/aromatic N) is 1. The topological polar surface area (TPSA) is 91.9 Å². The lowest BCUT2D eigenvalue weighted by Crippen LogP contribution is -2.23. The summed E-state index contributed by atoms with van der Waals surface area (Å²) in [7, 11) is -3.57. The van der Waals surface area contributed by atoms with Gasteiger partial charge in [-0.15, -0.1) is 0 Å². The lowest BCUT2D eigenvalue weighted by atomic mass is 10.2. The maximum Gasteiger partial charge on any atom is 0.267 e. The molecule has 146 valence electrons. The Morgan fingerprint density at radius 2 is 1.83 bits per heavy atom. The third-order valence-electron chi connectivity index (χ3n) is 4.65. The van der Waals surface area contributed by atoms with Gasteiger partial charge in [0.2, 0.25) is 9.84 Å². The molecule has 1 amide bonds. The first-order chi connectivity index (χ1) is 13.9. The molecule has 4 rings (SSSR count). The fourth-order valence-corrected chi connectivity index (χ4v) is 4.44. The van der Waals surface area contributed by atoms with E-state index in [9.17, 15) is 13.2 Å². The summed E-state index contributed by atoms with van der Waals surface area (Å²) in [5.74, 6) is -0.238. The third-order valence-corrected chi connectivity index (χ3v) is 6.42. The lowest BCUT2D eigenvalue weighted by Gasteiger charge is -2.08. The number of amides is 1. The van der Waals surface area contributed by atoms with Gasteiger partial charge in [-0.1, -0.05) is 24.3 Å². The van der Waals surface area contributed by atoms with Gasteiger partial charge in [0.05, 0.1) is 9.79 Å². The number of carbonyl (C=O) groups excluding carboxylic acids is 1. The minimum Gasteiger partial charge on any atom is -0.350 e. The van der Waals surface area contributed by atoms with Crippen molar-refractivity contribution in [3.8, 4) is 0 Å². The van der Waals surface area contributed by atoms with Crippen LogP contribution in [0.5, 0.6) is 0 Å². The van der Waals surface area contributed by atoms with Gasteiger partial charge >= 0.3 is 0 Å². The molecule has 4 aromatic rings. The summed E-state index contributed by atoms with van der Waals surface area (Å²) in [6.45, 7) is 2.14. The van der Waals surface area contributed by atoms with Crippen LogP contribution < -0.4 is 5.32 Å². The molecular formula is C22H19N3O3S. The first-order valence-electron chi connectivity index (χ1n) is 9.05. The second kappa shape index (κ2) is 7.52. The molecule has 0 saturated heterocycles. The molecule has 0 aliphatic heterocycles. The van der Waals surface area contributed by atoms with Gasteiger partial charge in [0.15, 0.2) is 0 Å². The van der Waals surface area contributed by atoms with E-state index >= 15 is 0 Å². The number of benzene rings is 2. The largest absolute Gasteiger partial charge is 0.350 e. The number of aromatic amines is 1. The number of rotatable bonds is 5. The predicted octanol–water partition coefficient (Wildman–Crippen LogP) is 3.63. The fourth-order valence-electron chi connectivity index (χ4n) is 3.08. The van der Waals surface area contributed by atoms with Crippen LogP contribution in [0.3, 0.4) is 0 Å². The van der Waals surface area contributed by atoms with Crippen LogP contribution in [0.1, 0.15) is 21.6 Å². The van der Waals surface area contributed by atoms with Crippen molar-refractivity contribution in [2.24, 2.45) is 0 Å². The van der Waals surface area contributed by atoms with Gasteiger partial charge in [-0.2, -0.15) is 0 Å². The van der Waals surface area contributed by atoms with Crippen molar-refractivity contribution in [1.29, 1.82) is 0 Å². The number of carbonyl (C=O) groups is 1. The Morgan fingerprint density at radius 1 is 1.03 bits per heavy atom. The van der Waals surface area contributed by atoms with E-state index in [0.717, 1.165) is 22.0 Å². The predicted molar refractivity (Wildman–Crippen MR) is 110 cm³/mol. The van der Waals surface area contributed by atoms with Crippen LogP contribution in [0.15, 0.2) is 82.8 Å². The van der Waals surface area contributed by atoms with E-state index < -0.39 is 9.84 Å². The van der Waals surface area contributed by atoms with Crippen molar-refractivity contribution in [2.45, 2.75) is 23.3 Å². The molecule has 29 heavy (non-hydrogen) atoms. The molecule has 0 atom stereocenters. The summed E-state index contributed by atoms with van der Waals surface area (Å²) < 4.78 is 25.5. The monoisotopic (exact) mass is 405 g/mol. The minimum absolute atomic E-state index is 0.223. The average Bonchev–Trinajstić information content (AvgIpc) is 3.17. The van der Waals surface area contributed by atoms with Crippen LogP contribution in [-0.4, -0.2) is 24.3 Å². The molecule has 7 heteroatoms. The SMILES string of the molecule is Cc1cccc(S(=O)(=O)c2ccc(CNC(=O)c3cc4cnccc4[nH]3)cc2)c1. The number of fused-ring (bicyclic) bond motifs is 1. The van der Waals surface area contributed by atoms with Crippen molar-refractivity contribution in [3.05, 3.63) is 89.9 Å². The van der Waals surface area contributed by atoms with Gasteiger partial charge in [0, 0.05) is 29.8 Å². The zero-order valence-corrected chi connectivity index (χ0v) is 16.5. The highest BCUT2D eigenvalue weighted by molar-refractivity contribution is 7.91. The van der Waals surface area contributed by atoms with E-state index in [2.05, 4.69) is 15.3 Å². The summed E-state index contributed by atoms with van der Waals surface area (Å²) in [6, 6.07) is 16.9. The number of sulfone groups is 1. The molecule has 2 heterocycles. The van der Waals surface area contributed by atoms with Crippen LogP contribution in [0, 0.1) is 6.92 Å². The van der Waals surface area contributed by atoms with Gasteiger partial charge < -0.3 is 10.3 Å². The Balaban J connectivity index is 1.46. The fraction of sp³-hybridized carbons (Fsp3) is 0.0909. The Hall–Kier alpha value is -3.45. The van der Waals surface area contributed by atoms with Gasteiger partial charge in [0.25, 0.3) is 5.91 Å². The summed E-state index contributed by atoms with van der Waals surface area (Å²) in [4.78, 5) is 20.0. The zero-order valence-electron chi connectivity index (χ0n) is 15.7. The second-order valence-electron chi connectivity index (χ2n) is 6.79. The zero-order chi connectivity index (χ0) is 20.4. The second-order valence-corrected chi connectivity index (χ2v) is 8.74. The van der Waals surface area contributed by atoms with E-state index in [-0.39, 0.29) is 22.2 Å². The molecule has 0 radical (unpaired) electrons. The molecule has 2 N–H and O–H groups in total. The Bertz CT molecular complexity index is 1260. The van der Waals surface area contributed by atoms with Crippen molar-refractivity contribution < 1.29 is 13.2 Å². The van der Waals surface area contributed by atoms with Crippen LogP contribution in [0.2, 0.25) is 0 Å². The summed E-state index contributed by atoms with van der Waals surface area (Å²) in [5.41, 5.74) is 2.99. The Morgan fingerprint density at radius 3 is 2.55 bits per heavy atom. The molecule has 0 bridgehead atoms. The highest BCUT2D eigenvalue weighted by Crippen LogP contribution is 2.22. The Labute approximate surface area is 168 Å². The number of hydrogen-bond acceptors (Lipinski definition) is 4. The summed E-state index contributed by atoms with van der Waals surface area (Å²) in [6.07, 6.45) is 3.35. The van der Waals surface area contributed by atoms with Gasteiger partial charge in [-0.25, -0.2) is 8.42 Å². The maximum absolute atomic E-state index is 12.8. The number of aryl methyl sites for hydroxylation is 1. The summed E-state index contributed by atoms with van der Waals surface area (Å²) >= 11 is 0. The standard InChI is InChI=1S/C22H19N3O3S/c1-15-3-2-4-19(11-15)29(27,28)18-7-5-16(6-8-18)13-24-22(26)21-12-17-14-23-10-9-20(17)25-21/h2-12,14,25H,13H2,1H3,(H,24,26). The van der Waals surface area contributed by atoms with Crippen molar-refractivity contribution >= 4 is 26.6 Å². The number of pyridine rings is 1. The highest BCUT2D eigenvalue weighted by atomic mass is 32.2. The number of aromatic nitrogens is 2. The molecule has 0 aliphatic carbocycles. The Kier molecular flexibility index (Phi) is 4.90. The van der Waals surface area contributed by atoms with E-state index in [1.807, 2.05) is 13.0 Å². The van der Waals surface area contributed by atoms with E-state index in [1.54, 1.807) is 67.0 Å². The summed E-state index contributed by atoms with van der Waals surface area (Å²) in [5, 5.41) is 3.70. The van der Waals surface area contributed by atoms with E-state index in [1.165, 1.54) is 0 Å². The van der Waals surface area contributed by atoms with Crippen molar-refractivity contribution in [1.82, 2.24) is 15.3 Å². The van der Waals surface area contributed by atoms with Crippen molar-refractivity contribution in [2.75, 3.05) is 0 Å². The molecule has 0 aliphatic rings. The smallest absolute Gasteiger partial charge is 0.267 e. The van der Waals surface area contributed by atoms with Crippen LogP contribution in [0.4, 0.5) is 0 Å². The molecule has 0 saturated carbocycles.